The van der Waals surface area contributed by atoms with E-state index in [0.717, 1.165) is 17.8 Å². The van der Waals surface area contributed by atoms with E-state index in [1.54, 1.807) is 0 Å². The molecule has 3 rings (SSSR count). The molecule has 0 aliphatic carbocycles. The van der Waals surface area contributed by atoms with E-state index in [9.17, 15) is 4.79 Å². The van der Waals surface area contributed by atoms with Crippen LogP contribution in [-0.2, 0) is 16.0 Å². The number of ether oxygens (including phenoxy) is 1. The van der Waals surface area contributed by atoms with Gasteiger partial charge >= 0.3 is 0 Å². The van der Waals surface area contributed by atoms with Crippen molar-refractivity contribution in [1.82, 2.24) is 5.32 Å². The monoisotopic (exact) mass is 330 g/mol. The molecule has 1 aliphatic rings. The average molecular weight is 330 g/mol. The summed E-state index contributed by atoms with van der Waals surface area (Å²) in [7, 11) is 0. The Morgan fingerprint density at radius 3 is 2.71 bits per heavy atom. The molecule has 0 bridgehead atoms. The van der Waals surface area contributed by atoms with Gasteiger partial charge in [-0.1, -0.05) is 25.1 Å². The zero-order valence-corrected chi connectivity index (χ0v) is 14.4. The van der Waals surface area contributed by atoms with E-state index in [4.69, 9.17) is 14.9 Å². The minimum absolute atomic E-state index is 0.0198. The van der Waals surface area contributed by atoms with Gasteiger partial charge in [0.15, 0.2) is 0 Å². The van der Waals surface area contributed by atoms with E-state index < -0.39 is 5.41 Å². The smallest absolute Gasteiger partial charge is 0.225 e. The van der Waals surface area contributed by atoms with E-state index in [1.807, 2.05) is 18.2 Å². The van der Waals surface area contributed by atoms with Crippen molar-refractivity contribution in [3.8, 4) is 0 Å². The number of para-hydroxylation sites is 1. The van der Waals surface area contributed by atoms with Gasteiger partial charge in [-0.15, -0.1) is 0 Å². The van der Waals surface area contributed by atoms with Crippen molar-refractivity contribution in [1.29, 1.82) is 0 Å². The first kappa shape index (κ1) is 17.0. The van der Waals surface area contributed by atoms with Gasteiger partial charge in [0, 0.05) is 30.7 Å². The Kier molecular flexibility index (Phi) is 4.92. The quantitative estimate of drug-likeness (QED) is 0.854. The minimum Gasteiger partial charge on any atom is -0.459 e. The Morgan fingerprint density at radius 1 is 1.33 bits per heavy atom. The molecule has 0 spiro atoms. The van der Waals surface area contributed by atoms with E-state index in [1.165, 1.54) is 10.9 Å². The summed E-state index contributed by atoms with van der Waals surface area (Å²) in [6.07, 6.45) is 2.25. The van der Waals surface area contributed by atoms with Crippen molar-refractivity contribution >= 4 is 16.9 Å². The number of amides is 1. The number of aryl methyl sites for hydroxylation is 1. The summed E-state index contributed by atoms with van der Waals surface area (Å²) in [6, 6.07) is 8.12. The summed E-state index contributed by atoms with van der Waals surface area (Å²) in [5.74, 6) is 0.705. The molecular weight excluding hydrogens is 304 g/mol. The normalized spacial score (nSPS) is 18.6. The minimum atomic E-state index is -0.523. The molecule has 1 fully saturated rings. The summed E-state index contributed by atoms with van der Waals surface area (Å²) < 4.78 is 11.5. The predicted octanol–water partition coefficient (Wildman–Crippen LogP) is 2.93. The Morgan fingerprint density at radius 2 is 2.04 bits per heavy atom. The fourth-order valence-electron chi connectivity index (χ4n) is 3.55. The van der Waals surface area contributed by atoms with Gasteiger partial charge < -0.3 is 20.2 Å². The maximum atomic E-state index is 12.0. The van der Waals surface area contributed by atoms with Crippen molar-refractivity contribution < 1.29 is 13.9 Å². The van der Waals surface area contributed by atoms with Gasteiger partial charge in [0.2, 0.25) is 5.91 Å². The summed E-state index contributed by atoms with van der Waals surface area (Å²) in [6.45, 7) is 5.93. The second kappa shape index (κ2) is 6.95. The molecule has 5 heteroatoms. The van der Waals surface area contributed by atoms with Crippen LogP contribution in [0.5, 0.6) is 0 Å². The number of fused-ring (bicyclic) bond motifs is 1. The van der Waals surface area contributed by atoms with Crippen LogP contribution in [0.4, 0.5) is 0 Å². The van der Waals surface area contributed by atoms with Crippen LogP contribution in [0.25, 0.3) is 11.0 Å². The van der Waals surface area contributed by atoms with E-state index in [0.29, 0.717) is 32.6 Å². The first-order chi connectivity index (χ1) is 11.6. The van der Waals surface area contributed by atoms with Crippen LogP contribution in [0.15, 0.2) is 28.7 Å². The van der Waals surface area contributed by atoms with Crippen molar-refractivity contribution in [2.45, 2.75) is 39.2 Å². The molecular formula is C19H26N2O3. The third kappa shape index (κ3) is 3.06. The highest BCUT2D eigenvalue weighted by atomic mass is 16.5. The molecule has 0 saturated carbocycles. The van der Waals surface area contributed by atoms with Crippen molar-refractivity contribution in [3.05, 3.63) is 35.6 Å². The summed E-state index contributed by atoms with van der Waals surface area (Å²) in [5.41, 5.74) is 7.30. The Balaban J connectivity index is 1.79. The van der Waals surface area contributed by atoms with Crippen LogP contribution in [0, 0.1) is 5.41 Å². The number of carbonyl (C=O) groups is 1. The highest BCUT2D eigenvalue weighted by molar-refractivity contribution is 5.82. The zero-order valence-electron chi connectivity index (χ0n) is 14.4. The number of nitrogens with two attached hydrogens (primary N) is 1. The van der Waals surface area contributed by atoms with Gasteiger partial charge in [-0.25, -0.2) is 0 Å². The SMILES string of the molecule is CCc1c([C@@H](C)NCC2(C(N)=O)CCOCC2)oc2ccccc12. The third-order valence-electron chi connectivity index (χ3n) is 5.20. The lowest BCUT2D eigenvalue weighted by molar-refractivity contribution is -0.133. The second-order valence-corrected chi connectivity index (χ2v) is 6.65. The van der Waals surface area contributed by atoms with Crippen molar-refractivity contribution in [2.24, 2.45) is 11.1 Å². The number of hydrogen-bond acceptors (Lipinski definition) is 4. The molecule has 1 aliphatic heterocycles. The number of benzene rings is 1. The van der Waals surface area contributed by atoms with Crippen molar-refractivity contribution in [3.63, 3.8) is 0 Å². The van der Waals surface area contributed by atoms with Gasteiger partial charge in [-0.3, -0.25) is 4.79 Å². The van der Waals surface area contributed by atoms with E-state index in [2.05, 4.69) is 25.2 Å². The van der Waals surface area contributed by atoms with E-state index >= 15 is 0 Å². The molecule has 1 aromatic heterocycles. The zero-order chi connectivity index (χ0) is 17.2. The molecule has 1 aromatic carbocycles. The van der Waals surface area contributed by atoms with Crippen molar-refractivity contribution in [2.75, 3.05) is 19.8 Å². The van der Waals surface area contributed by atoms with Gasteiger partial charge in [0.05, 0.1) is 11.5 Å². The molecule has 0 radical (unpaired) electrons. The maximum absolute atomic E-state index is 12.0. The number of hydrogen-bond donors (Lipinski definition) is 2. The Labute approximate surface area is 142 Å². The molecule has 24 heavy (non-hydrogen) atoms. The Hall–Kier alpha value is -1.85. The molecule has 2 aromatic rings. The highest BCUT2D eigenvalue weighted by Crippen LogP contribution is 2.33. The number of carbonyl (C=O) groups excluding carboxylic acids is 1. The third-order valence-corrected chi connectivity index (χ3v) is 5.20. The Bertz CT molecular complexity index is 716. The lowest BCUT2D eigenvalue weighted by atomic mass is 9.79. The summed E-state index contributed by atoms with van der Waals surface area (Å²) >= 11 is 0. The molecule has 2 heterocycles. The van der Waals surface area contributed by atoms with Crippen LogP contribution in [0.1, 0.15) is 44.1 Å². The maximum Gasteiger partial charge on any atom is 0.225 e. The first-order valence-electron chi connectivity index (χ1n) is 8.69. The topological polar surface area (TPSA) is 77.5 Å². The first-order valence-corrected chi connectivity index (χ1v) is 8.69. The number of nitrogens with one attached hydrogen (secondary N) is 1. The lowest BCUT2D eigenvalue weighted by Gasteiger charge is -2.35. The predicted molar refractivity (Wildman–Crippen MR) is 93.7 cm³/mol. The van der Waals surface area contributed by atoms with Gasteiger partial charge in [0.1, 0.15) is 11.3 Å². The average Bonchev–Trinajstić information content (AvgIpc) is 2.99. The molecule has 1 amide bonds. The molecule has 130 valence electrons. The number of primary amides is 1. The molecule has 1 saturated heterocycles. The molecule has 3 N–H and O–H groups in total. The van der Waals surface area contributed by atoms with Crippen LogP contribution >= 0.6 is 0 Å². The van der Waals surface area contributed by atoms with Crippen LogP contribution in [0.2, 0.25) is 0 Å². The number of rotatable bonds is 6. The molecule has 1 atom stereocenters. The van der Waals surface area contributed by atoms with Gasteiger partial charge in [0.25, 0.3) is 0 Å². The van der Waals surface area contributed by atoms with Gasteiger partial charge in [-0.05, 0) is 32.3 Å². The van der Waals surface area contributed by atoms with Crippen LogP contribution in [-0.4, -0.2) is 25.7 Å². The fraction of sp³-hybridized carbons (Fsp3) is 0.526. The highest BCUT2D eigenvalue weighted by Gasteiger charge is 2.38. The summed E-state index contributed by atoms with van der Waals surface area (Å²) in [4.78, 5) is 12.0. The lowest BCUT2D eigenvalue weighted by Crippen LogP contribution is -2.48. The molecule has 5 nitrogen and oxygen atoms in total. The summed E-state index contributed by atoms with van der Waals surface area (Å²) in [5, 5.41) is 4.64. The van der Waals surface area contributed by atoms with E-state index in [-0.39, 0.29) is 11.9 Å². The fourth-order valence-corrected chi connectivity index (χ4v) is 3.55. The largest absolute Gasteiger partial charge is 0.459 e. The van der Waals surface area contributed by atoms with Gasteiger partial charge in [-0.2, -0.15) is 0 Å². The standard InChI is InChI=1S/C19H26N2O3/c1-3-14-15-6-4-5-7-16(15)24-17(14)13(2)21-12-19(18(20)22)8-10-23-11-9-19/h4-7,13,21H,3,8-12H2,1-2H3,(H2,20,22)/t13-/m1/s1. The van der Waals surface area contributed by atoms with Crippen LogP contribution < -0.4 is 11.1 Å². The second-order valence-electron chi connectivity index (χ2n) is 6.65. The number of furan rings is 1. The van der Waals surface area contributed by atoms with Crippen LogP contribution in [0.3, 0.4) is 0 Å². The molecule has 0 unspecified atom stereocenters.